The molecule has 0 saturated heterocycles. The first-order valence-corrected chi connectivity index (χ1v) is 6.67. The normalized spacial score (nSPS) is 16.9. The van der Waals surface area contributed by atoms with Crippen LogP contribution in [0, 0.1) is 0 Å². The number of methoxy groups -OCH3 is 1. The molecule has 2 N–H and O–H groups in total. The molecule has 6 heteroatoms. The van der Waals surface area contributed by atoms with Gasteiger partial charge in [0.05, 0.1) is 13.2 Å². The first-order chi connectivity index (χ1) is 8.88. The molecule has 0 bridgehead atoms. The summed E-state index contributed by atoms with van der Waals surface area (Å²) in [7, 11) is 1.68. The third-order valence-corrected chi connectivity index (χ3v) is 3.16. The maximum atomic E-state index is 5.53. The summed E-state index contributed by atoms with van der Waals surface area (Å²) in [5.41, 5.74) is 0. The smallest absolute Gasteiger partial charge is 0.315 e. The lowest BCUT2D eigenvalue weighted by Crippen LogP contribution is -2.22. The third-order valence-electron chi connectivity index (χ3n) is 3.16. The van der Waals surface area contributed by atoms with Crippen LogP contribution in [0.3, 0.4) is 0 Å². The summed E-state index contributed by atoms with van der Waals surface area (Å²) in [5, 5.41) is 14.5. The Morgan fingerprint density at radius 2 is 2.11 bits per heavy atom. The minimum atomic E-state index is 0.494. The molecule has 1 aromatic rings. The SMILES string of the molecule is COCCNCc1nnc(NC2CCCCC2)o1. The van der Waals surface area contributed by atoms with Crippen LogP contribution >= 0.6 is 0 Å². The summed E-state index contributed by atoms with van der Waals surface area (Å²) in [6, 6.07) is 1.04. The maximum absolute atomic E-state index is 5.53. The molecule has 0 unspecified atom stereocenters. The van der Waals surface area contributed by atoms with Crippen LogP contribution in [-0.2, 0) is 11.3 Å². The molecule has 0 atom stereocenters. The Bertz CT molecular complexity index is 337. The van der Waals surface area contributed by atoms with Crippen LogP contribution in [0.2, 0.25) is 0 Å². The zero-order valence-electron chi connectivity index (χ0n) is 10.9. The van der Waals surface area contributed by atoms with E-state index >= 15 is 0 Å². The predicted molar refractivity (Wildman–Crippen MR) is 68.4 cm³/mol. The van der Waals surface area contributed by atoms with E-state index in [1.54, 1.807) is 7.11 Å². The van der Waals surface area contributed by atoms with E-state index in [4.69, 9.17) is 9.15 Å². The summed E-state index contributed by atoms with van der Waals surface area (Å²) < 4.78 is 10.5. The third kappa shape index (κ3) is 4.27. The van der Waals surface area contributed by atoms with Crippen LogP contribution < -0.4 is 10.6 Å². The van der Waals surface area contributed by atoms with Crippen LogP contribution in [0.1, 0.15) is 38.0 Å². The van der Waals surface area contributed by atoms with E-state index in [1.807, 2.05) is 0 Å². The van der Waals surface area contributed by atoms with Crippen LogP contribution in [0.25, 0.3) is 0 Å². The Balaban J connectivity index is 1.71. The zero-order valence-corrected chi connectivity index (χ0v) is 10.9. The van der Waals surface area contributed by atoms with Crippen LogP contribution in [0.5, 0.6) is 0 Å². The Hall–Kier alpha value is -1.14. The standard InChI is InChI=1S/C12H22N4O2/c1-17-8-7-13-9-11-15-16-12(18-11)14-10-5-3-2-4-6-10/h10,13H,2-9H2,1H3,(H,14,16). The first kappa shape index (κ1) is 13.3. The molecule has 1 aliphatic carbocycles. The number of hydrogen-bond acceptors (Lipinski definition) is 6. The molecule has 1 aliphatic rings. The van der Waals surface area contributed by atoms with Crippen molar-refractivity contribution in [1.82, 2.24) is 15.5 Å². The second-order valence-electron chi connectivity index (χ2n) is 4.65. The van der Waals surface area contributed by atoms with Crippen molar-refractivity contribution in [3.63, 3.8) is 0 Å². The molecule has 1 aromatic heterocycles. The van der Waals surface area contributed by atoms with Gasteiger partial charge in [0.1, 0.15) is 0 Å². The van der Waals surface area contributed by atoms with Gasteiger partial charge in [-0.25, -0.2) is 0 Å². The molecular formula is C12H22N4O2. The molecule has 0 aromatic carbocycles. The van der Waals surface area contributed by atoms with Gasteiger partial charge in [-0.2, -0.15) is 0 Å². The van der Waals surface area contributed by atoms with Crippen LogP contribution in [-0.4, -0.2) is 36.5 Å². The van der Waals surface area contributed by atoms with Crippen LogP contribution in [0.15, 0.2) is 4.42 Å². The van der Waals surface area contributed by atoms with Gasteiger partial charge in [0.2, 0.25) is 5.89 Å². The van der Waals surface area contributed by atoms with E-state index in [1.165, 1.54) is 32.1 Å². The van der Waals surface area contributed by atoms with Crippen LogP contribution in [0.4, 0.5) is 6.01 Å². The largest absolute Gasteiger partial charge is 0.407 e. The van der Waals surface area contributed by atoms with E-state index < -0.39 is 0 Å². The maximum Gasteiger partial charge on any atom is 0.315 e. The van der Waals surface area contributed by atoms with Crippen molar-refractivity contribution < 1.29 is 9.15 Å². The average Bonchev–Trinajstić information content (AvgIpc) is 2.84. The molecule has 0 amide bonds. The number of ether oxygens (including phenoxy) is 1. The Morgan fingerprint density at radius 1 is 1.28 bits per heavy atom. The quantitative estimate of drug-likeness (QED) is 0.719. The Morgan fingerprint density at radius 3 is 2.89 bits per heavy atom. The molecule has 0 radical (unpaired) electrons. The lowest BCUT2D eigenvalue weighted by molar-refractivity contribution is 0.198. The molecule has 0 spiro atoms. The van der Waals surface area contributed by atoms with E-state index in [9.17, 15) is 0 Å². The first-order valence-electron chi connectivity index (χ1n) is 6.67. The number of nitrogens with one attached hydrogen (secondary N) is 2. The number of anilines is 1. The van der Waals surface area contributed by atoms with Gasteiger partial charge in [0.25, 0.3) is 0 Å². The molecule has 2 rings (SSSR count). The average molecular weight is 254 g/mol. The summed E-state index contributed by atoms with van der Waals surface area (Å²) >= 11 is 0. The van der Waals surface area contributed by atoms with Gasteiger partial charge in [0, 0.05) is 19.7 Å². The van der Waals surface area contributed by atoms with Gasteiger partial charge in [-0.05, 0) is 12.8 Å². The zero-order chi connectivity index (χ0) is 12.6. The fraction of sp³-hybridized carbons (Fsp3) is 0.833. The van der Waals surface area contributed by atoms with Crippen molar-refractivity contribution in [2.45, 2.75) is 44.7 Å². The summed E-state index contributed by atoms with van der Waals surface area (Å²) in [6.45, 7) is 2.05. The molecule has 18 heavy (non-hydrogen) atoms. The van der Waals surface area contributed by atoms with Gasteiger partial charge in [-0.3, -0.25) is 0 Å². The molecule has 1 heterocycles. The van der Waals surface area contributed by atoms with Crippen molar-refractivity contribution in [2.24, 2.45) is 0 Å². The van der Waals surface area contributed by atoms with Gasteiger partial charge in [-0.15, -0.1) is 5.10 Å². The fourth-order valence-corrected chi connectivity index (χ4v) is 2.17. The van der Waals surface area contributed by atoms with Gasteiger partial charge in [-0.1, -0.05) is 24.4 Å². The number of aromatic nitrogens is 2. The highest BCUT2D eigenvalue weighted by atomic mass is 16.5. The lowest BCUT2D eigenvalue weighted by atomic mass is 9.96. The number of hydrogen-bond donors (Lipinski definition) is 2. The summed E-state index contributed by atoms with van der Waals surface area (Å²) in [6.07, 6.45) is 6.32. The second-order valence-corrected chi connectivity index (χ2v) is 4.65. The molecular weight excluding hydrogens is 232 g/mol. The fourth-order valence-electron chi connectivity index (χ4n) is 2.17. The highest BCUT2D eigenvalue weighted by Crippen LogP contribution is 2.20. The second kappa shape index (κ2) is 7.33. The highest BCUT2D eigenvalue weighted by molar-refractivity contribution is 5.19. The minimum absolute atomic E-state index is 0.494. The van der Waals surface area contributed by atoms with Crippen molar-refractivity contribution in [3.8, 4) is 0 Å². The molecule has 1 fully saturated rings. The lowest BCUT2D eigenvalue weighted by Gasteiger charge is -2.21. The number of nitrogens with zero attached hydrogens (tertiary/aromatic N) is 2. The van der Waals surface area contributed by atoms with E-state index in [0.717, 1.165) is 6.54 Å². The minimum Gasteiger partial charge on any atom is -0.407 e. The van der Waals surface area contributed by atoms with Crippen molar-refractivity contribution >= 4 is 6.01 Å². The molecule has 1 saturated carbocycles. The summed E-state index contributed by atoms with van der Waals surface area (Å²) in [5.74, 6) is 0.615. The van der Waals surface area contributed by atoms with Crippen molar-refractivity contribution in [3.05, 3.63) is 5.89 Å². The van der Waals surface area contributed by atoms with E-state index in [2.05, 4.69) is 20.8 Å². The molecule has 0 aliphatic heterocycles. The number of rotatable bonds is 7. The summed E-state index contributed by atoms with van der Waals surface area (Å²) in [4.78, 5) is 0. The van der Waals surface area contributed by atoms with E-state index in [0.29, 0.717) is 31.1 Å². The highest BCUT2D eigenvalue weighted by Gasteiger charge is 2.15. The Labute approximate surface area is 107 Å². The van der Waals surface area contributed by atoms with Gasteiger partial charge < -0.3 is 19.8 Å². The molecule has 6 nitrogen and oxygen atoms in total. The van der Waals surface area contributed by atoms with E-state index in [-0.39, 0.29) is 0 Å². The Kier molecular flexibility index (Phi) is 5.41. The van der Waals surface area contributed by atoms with Crippen molar-refractivity contribution in [2.75, 3.05) is 25.6 Å². The monoisotopic (exact) mass is 254 g/mol. The predicted octanol–water partition coefficient (Wildman–Crippen LogP) is 1.55. The van der Waals surface area contributed by atoms with Crippen molar-refractivity contribution in [1.29, 1.82) is 0 Å². The topological polar surface area (TPSA) is 72.2 Å². The van der Waals surface area contributed by atoms with Gasteiger partial charge >= 0.3 is 6.01 Å². The van der Waals surface area contributed by atoms with Gasteiger partial charge in [0.15, 0.2) is 0 Å². The molecule has 102 valence electrons.